The molecule has 1 aliphatic carbocycles. The van der Waals surface area contributed by atoms with Crippen LogP contribution >= 0.6 is 0 Å². The Bertz CT molecular complexity index is 284. The van der Waals surface area contributed by atoms with Gasteiger partial charge in [0, 0.05) is 6.04 Å². The van der Waals surface area contributed by atoms with E-state index in [0.717, 1.165) is 11.7 Å². The highest BCUT2D eigenvalue weighted by Gasteiger charge is 2.23. The van der Waals surface area contributed by atoms with Crippen molar-refractivity contribution in [1.29, 1.82) is 0 Å². The van der Waals surface area contributed by atoms with Crippen LogP contribution in [0.3, 0.4) is 0 Å². The molecule has 0 aromatic carbocycles. The van der Waals surface area contributed by atoms with Crippen molar-refractivity contribution in [3.63, 3.8) is 0 Å². The first-order valence-electron chi connectivity index (χ1n) is 5.76. The van der Waals surface area contributed by atoms with Crippen molar-refractivity contribution >= 4 is 0 Å². The van der Waals surface area contributed by atoms with E-state index < -0.39 is 0 Å². The van der Waals surface area contributed by atoms with Crippen molar-refractivity contribution in [2.24, 2.45) is 5.92 Å². The molecule has 0 radical (unpaired) electrons. The Labute approximate surface area is 90.0 Å². The van der Waals surface area contributed by atoms with Gasteiger partial charge in [0.05, 0.1) is 6.04 Å². The van der Waals surface area contributed by atoms with E-state index in [9.17, 15) is 0 Å². The molecule has 5 nitrogen and oxygen atoms in total. The molecule has 2 N–H and O–H groups in total. The maximum atomic E-state index is 4.00. The van der Waals surface area contributed by atoms with Gasteiger partial charge in [-0.1, -0.05) is 25.0 Å². The molecule has 1 saturated carbocycles. The molecule has 0 saturated heterocycles. The minimum absolute atomic E-state index is 0.189. The summed E-state index contributed by atoms with van der Waals surface area (Å²) in [5.74, 6) is 1.51. The maximum Gasteiger partial charge on any atom is 0.191 e. The Balaban J connectivity index is 1.90. The second-order valence-electron chi connectivity index (χ2n) is 4.53. The lowest BCUT2D eigenvalue weighted by Crippen LogP contribution is -2.39. The third-order valence-electron chi connectivity index (χ3n) is 3.32. The Morgan fingerprint density at radius 2 is 2.20 bits per heavy atom. The van der Waals surface area contributed by atoms with Crippen LogP contribution in [0.15, 0.2) is 0 Å². The number of hydrogen-bond acceptors (Lipinski definition) is 4. The third-order valence-corrected chi connectivity index (χ3v) is 3.32. The molecule has 3 unspecified atom stereocenters. The van der Waals surface area contributed by atoms with Crippen LogP contribution < -0.4 is 5.32 Å². The molecule has 1 aromatic rings. The lowest BCUT2D eigenvalue weighted by molar-refractivity contribution is 0.260. The minimum Gasteiger partial charge on any atom is -0.304 e. The summed E-state index contributed by atoms with van der Waals surface area (Å²) in [4.78, 5) is 0. The van der Waals surface area contributed by atoms with E-state index in [2.05, 4.69) is 39.8 Å². The summed E-state index contributed by atoms with van der Waals surface area (Å²) >= 11 is 0. The fraction of sp³-hybridized carbons (Fsp3) is 0.900. The van der Waals surface area contributed by atoms with Gasteiger partial charge in [-0.3, -0.25) is 0 Å². The monoisotopic (exact) mass is 209 g/mol. The molecule has 1 heterocycles. The standard InChI is InChI=1S/C10H19N5/c1-7-5-3-4-6-9(7)11-8(2)10-12-14-15-13-10/h7-9,11H,3-6H2,1-2H3,(H,12,13,14,15). The van der Waals surface area contributed by atoms with Crippen LogP contribution in [0.1, 0.15) is 51.4 Å². The lowest BCUT2D eigenvalue weighted by Gasteiger charge is -2.31. The number of nitrogens with one attached hydrogen (secondary N) is 2. The second-order valence-corrected chi connectivity index (χ2v) is 4.53. The highest BCUT2D eigenvalue weighted by atomic mass is 15.5. The van der Waals surface area contributed by atoms with Gasteiger partial charge in [-0.2, -0.15) is 5.21 Å². The van der Waals surface area contributed by atoms with Gasteiger partial charge in [-0.25, -0.2) is 0 Å². The summed E-state index contributed by atoms with van der Waals surface area (Å²) in [7, 11) is 0. The zero-order valence-corrected chi connectivity index (χ0v) is 9.40. The summed E-state index contributed by atoms with van der Waals surface area (Å²) < 4.78 is 0. The van der Waals surface area contributed by atoms with E-state index in [4.69, 9.17) is 0 Å². The zero-order valence-electron chi connectivity index (χ0n) is 9.40. The quantitative estimate of drug-likeness (QED) is 0.790. The molecule has 0 bridgehead atoms. The molecular weight excluding hydrogens is 190 g/mol. The van der Waals surface area contributed by atoms with Crippen molar-refractivity contribution in [2.75, 3.05) is 0 Å². The van der Waals surface area contributed by atoms with Crippen LogP contribution in [0.5, 0.6) is 0 Å². The molecule has 3 atom stereocenters. The lowest BCUT2D eigenvalue weighted by atomic mass is 9.85. The number of hydrogen-bond donors (Lipinski definition) is 2. The Morgan fingerprint density at radius 3 is 2.87 bits per heavy atom. The topological polar surface area (TPSA) is 66.5 Å². The Morgan fingerprint density at radius 1 is 1.40 bits per heavy atom. The molecule has 0 amide bonds. The molecule has 1 aliphatic rings. The van der Waals surface area contributed by atoms with E-state index in [1.165, 1.54) is 25.7 Å². The molecule has 0 spiro atoms. The fourth-order valence-corrected chi connectivity index (χ4v) is 2.31. The Hall–Kier alpha value is -0.970. The van der Waals surface area contributed by atoms with Gasteiger partial charge in [0.2, 0.25) is 0 Å². The van der Waals surface area contributed by atoms with Crippen molar-refractivity contribution in [2.45, 2.75) is 51.6 Å². The molecular formula is C10H19N5. The molecule has 15 heavy (non-hydrogen) atoms. The number of rotatable bonds is 3. The van der Waals surface area contributed by atoms with Gasteiger partial charge in [-0.15, -0.1) is 10.2 Å². The predicted octanol–water partition coefficient (Wildman–Crippen LogP) is 1.43. The normalized spacial score (nSPS) is 28.9. The average Bonchev–Trinajstić information content (AvgIpc) is 2.74. The summed E-state index contributed by atoms with van der Waals surface area (Å²) in [5.41, 5.74) is 0. The maximum absolute atomic E-state index is 4.00. The first-order valence-corrected chi connectivity index (χ1v) is 5.76. The smallest absolute Gasteiger partial charge is 0.191 e. The number of H-pyrrole nitrogens is 1. The van der Waals surface area contributed by atoms with Crippen LogP contribution in [0, 0.1) is 5.92 Å². The molecule has 2 rings (SSSR count). The predicted molar refractivity (Wildman–Crippen MR) is 57.1 cm³/mol. The van der Waals surface area contributed by atoms with E-state index in [1.807, 2.05) is 0 Å². The fourth-order valence-electron chi connectivity index (χ4n) is 2.31. The average molecular weight is 209 g/mol. The molecule has 1 aromatic heterocycles. The number of aromatic nitrogens is 4. The van der Waals surface area contributed by atoms with Crippen LogP contribution in [-0.4, -0.2) is 26.7 Å². The molecule has 5 heteroatoms. The number of aromatic amines is 1. The van der Waals surface area contributed by atoms with Gasteiger partial charge in [0.15, 0.2) is 5.82 Å². The van der Waals surface area contributed by atoms with Gasteiger partial charge in [0.1, 0.15) is 0 Å². The number of nitrogens with zero attached hydrogens (tertiary/aromatic N) is 3. The first-order chi connectivity index (χ1) is 7.27. The first kappa shape index (κ1) is 10.5. The summed E-state index contributed by atoms with van der Waals surface area (Å²) in [5, 5.41) is 17.6. The van der Waals surface area contributed by atoms with Crippen LogP contribution in [0.4, 0.5) is 0 Å². The van der Waals surface area contributed by atoms with E-state index in [1.54, 1.807) is 0 Å². The summed E-state index contributed by atoms with van der Waals surface area (Å²) in [6.07, 6.45) is 5.30. The molecule has 0 aliphatic heterocycles. The minimum atomic E-state index is 0.189. The zero-order chi connectivity index (χ0) is 10.7. The largest absolute Gasteiger partial charge is 0.304 e. The molecule has 1 fully saturated rings. The van der Waals surface area contributed by atoms with Crippen LogP contribution in [0.25, 0.3) is 0 Å². The number of tetrazole rings is 1. The van der Waals surface area contributed by atoms with E-state index in [-0.39, 0.29) is 6.04 Å². The van der Waals surface area contributed by atoms with Gasteiger partial charge >= 0.3 is 0 Å². The summed E-state index contributed by atoms with van der Waals surface area (Å²) in [6, 6.07) is 0.793. The van der Waals surface area contributed by atoms with E-state index >= 15 is 0 Å². The van der Waals surface area contributed by atoms with Crippen molar-refractivity contribution in [3.8, 4) is 0 Å². The SMILES string of the molecule is CC(NC1CCCCC1C)c1nn[nH]n1. The van der Waals surface area contributed by atoms with Gasteiger partial charge < -0.3 is 5.32 Å². The summed E-state index contributed by atoms with van der Waals surface area (Å²) in [6.45, 7) is 4.41. The van der Waals surface area contributed by atoms with Crippen LogP contribution in [0.2, 0.25) is 0 Å². The van der Waals surface area contributed by atoms with Crippen LogP contribution in [-0.2, 0) is 0 Å². The van der Waals surface area contributed by atoms with Gasteiger partial charge in [-0.05, 0) is 25.7 Å². The van der Waals surface area contributed by atoms with E-state index in [0.29, 0.717) is 6.04 Å². The van der Waals surface area contributed by atoms with Gasteiger partial charge in [0.25, 0.3) is 0 Å². The Kier molecular flexibility index (Phi) is 3.30. The highest BCUT2D eigenvalue weighted by molar-refractivity contribution is 4.89. The molecule has 84 valence electrons. The van der Waals surface area contributed by atoms with Crippen molar-refractivity contribution < 1.29 is 0 Å². The third kappa shape index (κ3) is 2.53. The highest BCUT2D eigenvalue weighted by Crippen LogP contribution is 2.25. The second kappa shape index (κ2) is 4.70. The van der Waals surface area contributed by atoms with Crippen molar-refractivity contribution in [1.82, 2.24) is 25.9 Å². The van der Waals surface area contributed by atoms with Crippen molar-refractivity contribution in [3.05, 3.63) is 5.82 Å².